The molecule has 0 aliphatic heterocycles. The van der Waals surface area contributed by atoms with Crippen molar-refractivity contribution in [3.63, 3.8) is 0 Å². The van der Waals surface area contributed by atoms with E-state index >= 15 is 0 Å². The zero-order valence-electron chi connectivity index (χ0n) is 24.7. The van der Waals surface area contributed by atoms with Gasteiger partial charge in [0.05, 0.1) is 0 Å². The highest BCUT2D eigenvalue weighted by Crippen LogP contribution is 2.67. The van der Waals surface area contributed by atoms with Crippen LogP contribution in [0.4, 0.5) is 0 Å². The number of carbonyl (C=O) groups excluding carboxylic acids is 1. The summed E-state index contributed by atoms with van der Waals surface area (Å²) in [5, 5.41) is 0.381. The average molecular weight is 549 g/mol. The maximum absolute atomic E-state index is 12.8. The Kier molecular flexibility index (Phi) is 11.0. The summed E-state index contributed by atoms with van der Waals surface area (Å²) in [7, 11) is 0. The van der Waals surface area contributed by atoms with Crippen LogP contribution in [-0.2, 0) is 4.79 Å². The third-order valence-corrected chi connectivity index (χ3v) is 13.6. The van der Waals surface area contributed by atoms with Gasteiger partial charge in [-0.25, -0.2) is 0 Å². The minimum absolute atomic E-state index is 0.233. The molecule has 0 aromatic carbocycles. The van der Waals surface area contributed by atoms with E-state index in [1.54, 1.807) is 17.3 Å². The average Bonchev–Trinajstić information content (AvgIpc) is 3.22. The number of rotatable bonds is 13. The van der Waals surface area contributed by atoms with E-state index in [-0.39, 0.29) is 10.5 Å². The first kappa shape index (κ1) is 30.0. The highest BCUT2D eigenvalue weighted by molar-refractivity contribution is 8.14. The van der Waals surface area contributed by atoms with Crippen LogP contribution in [0.2, 0.25) is 0 Å². The van der Waals surface area contributed by atoms with Crippen LogP contribution in [0.3, 0.4) is 0 Å². The molecule has 3 fully saturated rings. The van der Waals surface area contributed by atoms with Gasteiger partial charge in [0.25, 0.3) is 0 Å². The standard InChI is InChI=1S/C34H57ClOS/c1-5-7-9-10-11-13-14-25-17-19-29-28-18-16-26-24-27(37-32(36)31(35)15-12-8-6-2)20-22-34(26,4)30(28)21-23-33(25,29)3/h16,25,27-31H,5-15,17-24H2,1-4H3/t25-,27+,28-,29-,30-,31-,33-,34+/m1/s1. The molecule has 3 heteroatoms. The van der Waals surface area contributed by atoms with Crippen LogP contribution >= 0.6 is 23.4 Å². The maximum atomic E-state index is 12.8. The van der Waals surface area contributed by atoms with E-state index in [0.29, 0.717) is 16.1 Å². The molecule has 0 heterocycles. The molecule has 8 atom stereocenters. The number of carbonyl (C=O) groups is 1. The lowest BCUT2D eigenvalue weighted by Crippen LogP contribution is -2.50. The van der Waals surface area contributed by atoms with E-state index in [0.717, 1.165) is 42.9 Å². The SMILES string of the molecule is CCCCCCCC[C@@H]1CC[C@@H]2[C@H]3CC=C4C[C@@H](SC(=O)[C@H](Cl)CCCCC)CC[C@]4(C)[C@@H]3CC[C@]12C. The van der Waals surface area contributed by atoms with Crippen molar-refractivity contribution in [2.45, 2.75) is 160 Å². The highest BCUT2D eigenvalue weighted by Gasteiger charge is 2.58. The Hall–Kier alpha value is 0.0500. The van der Waals surface area contributed by atoms with Gasteiger partial charge in [-0.05, 0) is 98.7 Å². The Morgan fingerprint density at radius 1 is 0.946 bits per heavy atom. The quantitative estimate of drug-likeness (QED) is 0.129. The predicted molar refractivity (Wildman–Crippen MR) is 163 cm³/mol. The zero-order valence-corrected chi connectivity index (χ0v) is 26.2. The van der Waals surface area contributed by atoms with Gasteiger partial charge in [0.15, 0.2) is 0 Å². The van der Waals surface area contributed by atoms with Crippen molar-refractivity contribution in [1.82, 2.24) is 0 Å². The Morgan fingerprint density at radius 2 is 1.68 bits per heavy atom. The lowest BCUT2D eigenvalue weighted by Gasteiger charge is -2.58. The Bertz CT molecular complexity index is 778. The van der Waals surface area contributed by atoms with E-state index in [1.165, 1.54) is 103 Å². The first-order valence-electron chi connectivity index (χ1n) is 16.4. The van der Waals surface area contributed by atoms with E-state index in [1.807, 2.05) is 0 Å². The van der Waals surface area contributed by atoms with Crippen LogP contribution in [0.25, 0.3) is 0 Å². The first-order chi connectivity index (χ1) is 17.8. The van der Waals surface area contributed by atoms with Crippen LogP contribution in [0.5, 0.6) is 0 Å². The lowest BCUT2D eigenvalue weighted by atomic mass is 9.47. The normalized spacial score (nSPS) is 37.9. The van der Waals surface area contributed by atoms with E-state index in [4.69, 9.17) is 11.6 Å². The molecular formula is C34H57ClOS. The van der Waals surface area contributed by atoms with Crippen LogP contribution in [0, 0.1) is 34.5 Å². The second kappa shape index (κ2) is 13.6. The van der Waals surface area contributed by atoms with Crippen LogP contribution < -0.4 is 0 Å². The number of hydrogen-bond acceptors (Lipinski definition) is 2. The van der Waals surface area contributed by atoms with Crippen molar-refractivity contribution in [2.75, 3.05) is 0 Å². The molecule has 0 N–H and O–H groups in total. The molecule has 212 valence electrons. The number of unbranched alkanes of at least 4 members (excludes halogenated alkanes) is 7. The van der Waals surface area contributed by atoms with Crippen LogP contribution in [0.15, 0.2) is 11.6 Å². The molecule has 0 aromatic rings. The van der Waals surface area contributed by atoms with E-state index in [2.05, 4.69) is 33.8 Å². The molecule has 4 aliphatic carbocycles. The fourth-order valence-electron chi connectivity index (χ4n) is 9.41. The summed E-state index contributed by atoms with van der Waals surface area (Å²) in [6, 6.07) is 0. The Morgan fingerprint density at radius 3 is 2.46 bits per heavy atom. The molecule has 0 unspecified atom stereocenters. The summed E-state index contributed by atoms with van der Waals surface area (Å²) in [4.78, 5) is 12.8. The van der Waals surface area contributed by atoms with Gasteiger partial charge in [0, 0.05) is 5.25 Å². The Balaban J connectivity index is 1.32. The minimum atomic E-state index is -0.294. The van der Waals surface area contributed by atoms with Gasteiger partial charge in [-0.1, -0.05) is 109 Å². The zero-order chi connectivity index (χ0) is 26.5. The Labute approximate surface area is 239 Å². The summed E-state index contributed by atoms with van der Waals surface area (Å²) in [6.07, 6.45) is 27.8. The maximum Gasteiger partial charge on any atom is 0.207 e. The van der Waals surface area contributed by atoms with Gasteiger partial charge in [-0.3, -0.25) is 4.79 Å². The van der Waals surface area contributed by atoms with Gasteiger partial charge in [-0.2, -0.15) is 0 Å². The molecule has 0 bridgehead atoms. The highest BCUT2D eigenvalue weighted by atomic mass is 35.5. The summed E-state index contributed by atoms with van der Waals surface area (Å²) in [5.41, 5.74) is 2.68. The smallest absolute Gasteiger partial charge is 0.207 e. The largest absolute Gasteiger partial charge is 0.286 e. The fraction of sp³-hybridized carbons (Fsp3) is 0.912. The summed E-state index contributed by atoms with van der Waals surface area (Å²) >= 11 is 8.08. The number of hydrogen-bond donors (Lipinski definition) is 0. The monoisotopic (exact) mass is 548 g/mol. The van der Waals surface area contributed by atoms with Gasteiger partial charge in [0.2, 0.25) is 5.12 Å². The van der Waals surface area contributed by atoms with Crippen molar-refractivity contribution < 1.29 is 4.79 Å². The second-order valence-corrected chi connectivity index (χ2v) is 15.7. The summed E-state index contributed by atoms with van der Waals surface area (Å²) in [6.45, 7) is 9.83. The predicted octanol–water partition coefficient (Wildman–Crippen LogP) is 11.1. The third-order valence-electron chi connectivity index (χ3n) is 11.8. The minimum Gasteiger partial charge on any atom is -0.286 e. The number of alkyl halides is 1. The van der Waals surface area contributed by atoms with Gasteiger partial charge in [-0.15, -0.1) is 11.6 Å². The molecule has 4 rings (SSSR count). The molecule has 1 nitrogen and oxygen atoms in total. The first-order valence-corrected chi connectivity index (χ1v) is 17.7. The number of thioether (sulfide) groups is 1. The topological polar surface area (TPSA) is 17.1 Å². The molecule has 0 aromatic heterocycles. The molecule has 37 heavy (non-hydrogen) atoms. The summed E-state index contributed by atoms with van der Waals surface area (Å²) < 4.78 is 0. The van der Waals surface area contributed by atoms with Crippen molar-refractivity contribution >= 4 is 28.5 Å². The molecule has 0 saturated heterocycles. The van der Waals surface area contributed by atoms with Crippen molar-refractivity contribution in [3.05, 3.63) is 11.6 Å². The fourth-order valence-corrected chi connectivity index (χ4v) is 10.8. The number of halogens is 1. The van der Waals surface area contributed by atoms with Crippen molar-refractivity contribution in [2.24, 2.45) is 34.5 Å². The molecule has 0 radical (unpaired) electrons. The van der Waals surface area contributed by atoms with Crippen molar-refractivity contribution in [3.8, 4) is 0 Å². The van der Waals surface area contributed by atoms with Crippen LogP contribution in [0.1, 0.15) is 150 Å². The van der Waals surface area contributed by atoms with E-state index < -0.39 is 0 Å². The van der Waals surface area contributed by atoms with Crippen LogP contribution in [-0.4, -0.2) is 15.7 Å². The molecule has 3 saturated carbocycles. The second-order valence-electron chi connectivity index (χ2n) is 13.9. The van der Waals surface area contributed by atoms with Gasteiger partial charge < -0.3 is 0 Å². The van der Waals surface area contributed by atoms with Gasteiger partial charge in [0.1, 0.15) is 5.38 Å². The van der Waals surface area contributed by atoms with Crippen molar-refractivity contribution in [1.29, 1.82) is 0 Å². The third kappa shape index (κ3) is 6.69. The number of fused-ring (bicyclic) bond motifs is 5. The van der Waals surface area contributed by atoms with E-state index in [9.17, 15) is 4.79 Å². The molecule has 4 aliphatic rings. The summed E-state index contributed by atoms with van der Waals surface area (Å²) in [5.74, 6) is 3.69. The molecule has 0 amide bonds. The van der Waals surface area contributed by atoms with Gasteiger partial charge >= 0.3 is 0 Å². The molecular weight excluding hydrogens is 492 g/mol. The number of allylic oxidation sites excluding steroid dienone is 2. The molecule has 0 spiro atoms. The lowest BCUT2D eigenvalue weighted by molar-refractivity contribution is -0.110.